The van der Waals surface area contributed by atoms with E-state index in [1.54, 1.807) is 23.6 Å². The van der Waals surface area contributed by atoms with E-state index in [1.807, 2.05) is 24.3 Å². The molecule has 0 fully saturated rings. The Morgan fingerprint density at radius 3 is 2.75 bits per heavy atom. The van der Waals surface area contributed by atoms with Gasteiger partial charge < -0.3 is 10.6 Å². The van der Waals surface area contributed by atoms with Crippen molar-refractivity contribution in [2.45, 2.75) is 6.92 Å². The predicted molar refractivity (Wildman–Crippen MR) is 115 cm³/mol. The zero-order valence-electron chi connectivity index (χ0n) is 15.2. The minimum atomic E-state index is -0.219. The highest BCUT2D eigenvalue weighted by Crippen LogP contribution is 2.24. The standard InChI is InChI=1S/C21H18Cl2N4O/c1-13-19(27-12-15(22)11-17(23)20(27)26-13)21(28)25-10-9-24-18-8-4-6-14-5-2-3-7-16(14)18/h2-8,11-12,24H,9-10H2,1H3,(H,25,28). The molecule has 0 spiro atoms. The summed E-state index contributed by atoms with van der Waals surface area (Å²) < 4.78 is 1.63. The van der Waals surface area contributed by atoms with Crippen molar-refractivity contribution in [2.75, 3.05) is 18.4 Å². The Bertz CT molecular complexity index is 1180. The van der Waals surface area contributed by atoms with Crippen LogP contribution in [0.4, 0.5) is 5.69 Å². The summed E-state index contributed by atoms with van der Waals surface area (Å²) >= 11 is 12.3. The molecule has 142 valence electrons. The number of nitrogens with one attached hydrogen (secondary N) is 2. The Balaban J connectivity index is 1.45. The van der Waals surface area contributed by atoms with Gasteiger partial charge in [0.15, 0.2) is 5.65 Å². The lowest BCUT2D eigenvalue weighted by molar-refractivity contribution is 0.0948. The molecule has 0 aliphatic heterocycles. The highest BCUT2D eigenvalue weighted by molar-refractivity contribution is 6.36. The van der Waals surface area contributed by atoms with Gasteiger partial charge >= 0.3 is 0 Å². The fourth-order valence-electron chi connectivity index (χ4n) is 3.30. The SMILES string of the molecule is Cc1nc2c(Cl)cc(Cl)cn2c1C(=O)NCCNc1cccc2ccccc12. The van der Waals surface area contributed by atoms with E-state index < -0.39 is 0 Å². The van der Waals surface area contributed by atoms with Gasteiger partial charge in [-0.25, -0.2) is 4.98 Å². The monoisotopic (exact) mass is 412 g/mol. The van der Waals surface area contributed by atoms with E-state index in [0.29, 0.717) is 40.2 Å². The first-order valence-corrected chi connectivity index (χ1v) is 9.64. The van der Waals surface area contributed by atoms with Crippen LogP contribution in [-0.2, 0) is 0 Å². The zero-order valence-corrected chi connectivity index (χ0v) is 16.7. The van der Waals surface area contributed by atoms with Crippen LogP contribution in [0.15, 0.2) is 54.7 Å². The molecule has 0 aliphatic rings. The largest absolute Gasteiger partial charge is 0.383 e. The fraction of sp³-hybridized carbons (Fsp3) is 0.143. The molecule has 0 aliphatic carbocycles. The number of rotatable bonds is 5. The lowest BCUT2D eigenvalue weighted by atomic mass is 10.1. The number of amides is 1. The van der Waals surface area contributed by atoms with Crippen molar-refractivity contribution in [2.24, 2.45) is 0 Å². The second-order valence-corrected chi connectivity index (χ2v) is 7.30. The van der Waals surface area contributed by atoms with Crippen LogP contribution in [0.5, 0.6) is 0 Å². The third kappa shape index (κ3) is 3.51. The number of halogens is 2. The quantitative estimate of drug-likeness (QED) is 0.456. The topological polar surface area (TPSA) is 58.4 Å². The Hall–Kier alpha value is -2.76. The molecule has 1 amide bonds. The van der Waals surface area contributed by atoms with Crippen molar-refractivity contribution in [1.29, 1.82) is 0 Å². The summed E-state index contributed by atoms with van der Waals surface area (Å²) in [6.45, 7) is 2.83. The van der Waals surface area contributed by atoms with Crippen molar-refractivity contribution < 1.29 is 4.79 Å². The van der Waals surface area contributed by atoms with Gasteiger partial charge in [-0.1, -0.05) is 59.6 Å². The highest BCUT2D eigenvalue weighted by Gasteiger charge is 2.18. The number of hydrogen-bond donors (Lipinski definition) is 2. The molecule has 4 aromatic rings. The number of carbonyl (C=O) groups excluding carboxylic acids is 1. The molecular formula is C21H18Cl2N4O. The summed E-state index contributed by atoms with van der Waals surface area (Å²) in [5.74, 6) is -0.219. The Morgan fingerprint density at radius 1 is 1.11 bits per heavy atom. The Kier molecular flexibility index (Phi) is 5.11. The number of hydrogen-bond acceptors (Lipinski definition) is 3. The summed E-state index contributed by atoms with van der Waals surface area (Å²) in [5.41, 5.74) is 2.59. The summed E-state index contributed by atoms with van der Waals surface area (Å²) in [6, 6.07) is 15.9. The van der Waals surface area contributed by atoms with Gasteiger partial charge in [0.25, 0.3) is 5.91 Å². The molecule has 7 heteroatoms. The number of aromatic nitrogens is 2. The maximum Gasteiger partial charge on any atom is 0.270 e. The van der Waals surface area contributed by atoms with Crippen LogP contribution < -0.4 is 10.6 Å². The fourth-order valence-corrected chi connectivity index (χ4v) is 3.81. The van der Waals surface area contributed by atoms with Crippen LogP contribution in [-0.4, -0.2) is 28.4 Å². The van der Waals surface area contributed by atoms with E-state index in [2.05, 4.69) is 33.8 Å². The smallest absolute Gasteiger partial charge is 0.270 e. The summed E-state index contributed by atoms with van der Waals surface area (Å²) in [4.78, 5) is 17.1. The predicted octanol–water partition coefficient (Wildman–Crippen LogP) is 4.94. The highest BCUT2D eigenvalue weighted by atomic mass is 35.5. The van der Waals surface area contributed by atoms with E-state index in [-0.39, 0.29) is 5.91 Å². The molecule has 2 aromatic carbocycles. The van der Waals surface area contributed by atoms with Gasteiger partial charge in [-0.2, -0.15) is 0 Å². The number of imidazole rings is 1. The lowest BCUT2D eigenvalue weighted by Gasteiger charge is -2.11. The van der Waals surface area contributed by atoms with Crippen molar-refractivity contribution in [3.05, 3.63) is 76.2 Å². The molecule has 5 nitrogen and oxygen atoms in total. The third-order valence-electron chi connectivity index (χ3n) is 4.55. The Labute approximate surface area is 172 Å². The van der Waals surface area contributed by atoms with E-state index in [1.165, 1.54) is 5.39 Å². The molecule has 0 saturated heterocycles. The van der Waals surface area contributed by atoms with Gasteiger partial charge in [-0.05, 0) is 24.4 Å². The van der Waals surface area contributed by atoms with Gasteiger partial charge in [-0.15, -0.1) is 0 Å². The van der Waals surface area contributed by atoms with Crippen molar-refractivity contribution >= 4 is 51.2 Å². The van der Waals surface area contributed by atoms with E-state index in [4.69, 9.17) is 23.2 Å². The first kappa shape index (κ1) is 18.6. The number of carbonyl (C=O) groups is 1. The molecule has 0 radical (unpaired) electrons. The van der Waals surface area contributed by atoms with E-state index in [9.17, 15) is 4.79 Å². The number of nitrogens with zero attached hydrogens (tertiary/aromatic N) is 2. The second kappa shape index (κ2) is 7.70. The molecule has 2 N–H and O–H groups in total. The number of benzene rings is 2. The molecule has 4 rings (SSSR count). The van der Waals surface area contributed by atoms with Gasteiger partial charge in [-0.3, -0.25) is 9.20 Å². The van der Waals surface area contributed by atoms with E-state index >= 15 is 0 Å². The molecular weight excluding hydrogens is 395 g/mol. The van der Waals surface area contributed by atoms with Crippen molar-refractivity contribution in [3.63, 3.8) is 0 Å². The average Bonchev–Trinajstić information content (AvgIpc) is 3.01. The van der Waals surface area contributed by atoms with Gasteiger partial charge in [0.05, 0.1) is 15.7 Å². The molecule has 28 heavy (non-hydrogen) atoms. The van der Waals surface area contributed by atoms with Gasteiger partial charge in [0, 0.05) is 30.4 Å². The first-order chi connectivity index (χ1) is 13.5. The van der Waals surface area contributed by atoms with Crippen LogP contribution >= 0.6 is 23.2 Å². The normalized spacial score (nSPS) is 11.1. The minimum Gasteiger partial charge on any atom is -0.383 e. The first-order valence-electron chi connectivity index (χ1n) is 8.88. The number of aryl methyl sites for hydroxylation is 1. The molecule has 2 heterocycles. The molecule has 0 saturated carbocycles. The van der Waals surface area contributed by atoms with Crippen LogP contribution in [0.2, 0.25) is 10.0 Å². The molecule has 0 unspecified atom stereocenters. The van der Waals surface area contributed by atoms with Gasteiger partial charge in [0.2, 0.25) is 0 Å². The number of anilines is 1. The van der Waals surface area contributed by atoms with Crippen molar-refractivity contribution in [1.82, 2.24) is 14.7 Å². The average molecular weight is 413 g/mol. The maximum atomic E-state index is 12.7. The Morgan fingerprint density at radius 2 is 1.89 bits per heavy atom. The molecule has 0 bridgehead atoms. The van der Waals surface area contributed by atoms with Crippen LogP contribution in [0.25, 0.3) is 16.4 Å². The summed E-state index contributed by atoms with van der Waals surface area (Å²) in [7, 11) is 0. The third-order valence-corrected chi connectivity index (χ3v) is 5.03. The second-order valence-electron chi connectivity index (χ2n) is 6.46. The number of pyridine rings is 1. The minimum absolute atomic E-state index is 0.219. The molecule has 0 atom stereocenters. The van der Waals surface area contributed by atoms with E-state index in [0.717, 1.165) is 11.1 Å². The van der Waals surface area contributed by atoms with Crippen LogP contribution in [0, 0.1) is 6.92 Å². The van der Waals surface area contributed by atoms with Gasteiger partial charge in [0.1, 0.15) is 5.69 Å². The zero-order chi connectivity index (χ0) is 19.7. The molecule has 2 aromatic heterocycles. The lowest BCUT2D eigenvalue weighted by Crippen LogP contribution is -2.30. The van der Waals surface area contributed by atoms with Crippen LogP contribution in [0.1, 0.15) is 16.2 Å². The maximum absolute atomic E-state index is 12.7. The van der Waals surface area contributed by atoms with Crippen molar-refractivity contribution in [3.8, 4) is 0 Å². The summed E-state index contributed by atoms with van der Waals surface area (Å²) in [6.07, 6.45) is 1.64. The van der Waals surface area contributed by atoms with Crippen LogP contribution in [0.3, 0.4) is 0 Å². The number of fused-ring (bicyclic) bond motifs is 2. The summed E-state index contributed by atoms with van der Waals surface area (Å²) in [5, 5.41) is 9.49.